The molecular formula is C35H33F6N5O3. The number of piperazine rings is 1. The Morgan fingerprint density at radius 2 is 1.57 bits per heavy atom. The summed E-state index contributed by atoms with van der Waals surface area (Å²) in [4.78, 5) is 39.0. The molecule has 4 heterocycles. The fourth-order valence-electron chi connectivity index (χ4n) is 6.46. The molecule has 0 spiro atoms. The number of aromatic nitrogens is 3. The lowest BCUT2D eigenvalue weighted by Crippen LogP contribution is -2.61. The number of carbonyl (C=O) groups is 2. The van der Waals surface area contributed by atoms with E-state index in [0.717, 1.165) is 11.1 Å². The molecule has 0 unspecified atom stereocenters. The highest BCUT2D eigenvalue weighted by atomic mass is 19.4. The van der Waals surface area contributed by atoms with Crippen molar-refractivity contribution in [3.8, 4) is 0 Å². The van der Waals surface area contributed by atoms with Gasteiger partial charge in [-0.3, -0.25) is 14.3 Å². The predicted molar refractivity (Wildman–Crippen MR) is 169 cm³/mol. The molecular weight excluding hydrogens is 652 g/mol. The molecule has 49 heavy (non-hydrogen) atoms. The number of nitrogens with zero attached hydrogens (tertiary/aromatic N) is 5. The van der Waals surface area contributed by atoms with Crippen LogP contribution in [-0.2, 0) is 23.5 Å². The van der Waals surface area contributed by atoms with Crippen molar-refractivity contribution in [3.05, 3.63) is 101 Å². The van der Waals surface area contributed by atoms with Crippen molar-refractivity contribution in [1.82, 2.24) is 24.3 Å². The van der Waals surface area contributed by atoms with E-state index in [-0.39, 0.29) is 31.6 Å². The van der Waals surface area contributed by atoms with Crippen LogP contribution in [0.15, 0.2) is 73.5 Å². The highest BCUT2D eigenvalue weighted by Gasteiger charge is 2.41. The SMILES string of the molecule is CC(C)(C)OC(=O)n1cc(C[C@@H]2CN3CC(c4cncnc4)=CC[C@@H]3CN2C(=O)c2cc(C(F)(F)F)cc(C(F)(F)F)c2)c2ccccc21. The van der Waals surface area contributed by atoms with Crippen LogP contribution >= 0.6 is 0 Å². The number of benzene rings is 2. The van der Waals surface area contributed by atoms with Crippen LogP contribution in [-0.4, -0.2) is 73.7 Å². The molecule has 0 saturated carbocycles. The molecule has 1 saturated heterocycles. The van der Waals surface area contributed by atoms with Gasteiger partial charge in [0.05, 0.1) is 16.6 Å². The summed E-state index contributed by atoms with van der Waals surface area (Å²) >= 11 is 0. The monoisotopic (exact) mass is 685 g/mol. The maximum Gasteiger partial charge on any atom is 0.419 e. The molecule has 2 aromatic heterocycles. The maximum absolute atomic E-state index is 14.1. The van der Waals surface area contributed by atoms with E-state index in [0.29, 0.717) is 41.6 Å². The maximum atomic E-state index is 14.1. The van der Waals surface area contributed by atoms with Gasteiger partial charge in [-0.25, -0.2) is 14.8 Å². The second-order valence-electron chi connectivity index (χ2n) is 13.3. The van der Waals surface area contributed by atoms with Crippen LogP contribution in [0.5, 0.6) is 0 Å². The van der Waals surface area contributed by atoms with Gasteiger partial charge >= 0.3 is 18.4 Å². The number of para-hydroxylation sites is 1. The van der Waals surface area contributed by atoms with Crippen molar-refractivity contribution in [2.45, 2.75) is 63.7 Å². The van der Waals surface area contributed by atoms with Crippen LogP contribution in [0.4, 0.5) is 31.1 Å². The molecule has 2 aliphatic rings. The molecule has 1 amide bonds. The zero-order valence-electron chi connectivity index (χ0n) is 26.8. The Morgan fingerprint density at radius 3 is 2.20 bits per heavy atom. The summed E-state index contributed by atoms with van der Waals surface area (Å²) in [5, 5.41) is 0.696. The van der Waals surface area contributed by atoms with Gasteiger partial charge in [-0.2, -0.15) is 26.3 Å². The van der Waals surface area contributed by atoms with Crippen molar-refractivity contribution in [2.24, 2.45) is 0 Å². The molecule has 0 radical (unpaired) electrons. The van der Waals surface area contributed by atoms with Crippen LogP contribution in [0.1, 0.15) is 59.8 Å². The van der Waals surface area contributed by atoms with E-state index in [1.54, 1.807) is 57.6 Å². The summed E-state index contributed by atoms with van der Waals surface area (Å²) in [5.74, 6) is -0.941. The van der Waals surface area contributed by atoms with Gasteiger partial charge in [-0.15, -0.1) is 0 Å². The van der Waals surface area contributed by atoms with E-state index in [1.807, 2.05) is 12.1 Å². The minimum absolute atomic E-state index is 0.0124. The average molecular weight is 686 g/mol. The number of rotatable bonds is 4. The zero-order chi connectivity index (χ0) is 35.3. The summed E-state index contributed by atoms with van der Waals surface area (Å²) in [5.41, 5.74) is -1.61. The summed E-state index contributed by atoms with van der Waals surface area (Å²) in [6, 6.07) is 7.13. The first-order valence-electron chi connectivity index (χ1n) is 15.6. The quantitative estimate of drug-likeness (QED) is 0.208. The van der Waals surface area contributed by atoms with E-state index in [4.69, 9.17) is 4.74 Å². The van der Waals surface area contributed by atoms with Crippen LogP contribution in [0.25, 0.3) is 16.5 Å². The van der Waals surface area contributed by atoms with E-state index >= 15 is 0 Å². The number of hydrogen-bond acceptors (Lipinski definition) is 6. The number of carbonyl (C=O) groups excluding carboxylic acids is 2. The molecule has 2 atom stereocenters. The van der Waals surface area contributed by atoms with Crippen molar-refractivity contribution in [1.29, 1.82) is 0 Å². The molecule has 0 bridgehead atoms. The molecule has 2 aromatic carbocycles. The highest BCUT2D eigenvalue weighted by molar-refractivity contribution is 5.95. The molecule has 4 aromatic rings. The Bertz CT molecular complexity index is 1880. The van der Waals surface area contributed by atoms with Crippen molar-refractivity contribution in [3.63, 3.8) is 0 Å². The molecule has 2 aliphatic heterocycles. The van der Waals surface area contributed by atoms with Gasteiger partial charge in [0.25, 0.3) is 5.91 Å². The summed E-state index contributed by atoms with van der Waals surface area (Å²) in [6.07, 6.45) is -1.80. The third-order valence-corrected chi connectivity index (χ3v) is 8.69. The van der Waals surface area contributed by atoms with E-state index < -0.39 is 52.7 Å². The lowest BCUT2D eigenvalue weighted by atomic mass is 9.92. The molecule has 14 heteroatoms. The number of ether oxygens (including phenoxy) is 1. The molecule has 0 aliphatic carbocycles. The number of amides is 1. The largest absolute Gasteiger partial charge is 0.443 e. The molecule has 8 nitrogen and oxygen atoms in total. The van der Waals surface area contributed by atoms with E-state index in [1.165, 1.54) is 15.8 Å². The van der Waals surface area contributed by atoms with Crippen molar-refractivity contribution >= 4 is 28.5 Å². The Morgan fingerprint density at radius 1 is 0.918 bits per heavy atom. The Kier molecular flexibility index (Phi) is 8.80. The van der Waals surface area contributed by atoms with Crippen LogP contribution < -0.4 is 0 Å². The Labute approximate surface area is 278 Å². The van der Waals surface area contributed by atoms with Crippen LogP contribution in [0.2, 0.25) is 0 Å². The van der Waals surface area contributed by atoms with Crippen LogP contribution in [0.3, 0.4) is 0 Å². The minimum atomic E-state index is -5.11. The Hall–Kier alpha value is -4.72. The summed E-state index contributed by atoms with van der Waals surface area (Å²) in [7, 11) is 0. The standard InChI is InChI=1S/C35H33F6N5O3/c1-33(2,3)49-32(48)46-17-23(29-6-4-5-7-30(29)46)12-28-18-44-16-21(24-14-42-20-43-15-24)8-9-27(44)19-45(28)31(47)22-10-25(34(36,37)38)13-26(11-22)35(39,40)41/h4-8,10-11,13-15,17,20,27-28H,9,12,16,18-19H2,1-3H3/t27-,28-/m1/s1. The van der Waals surface area contributed by atoms with Crippen molar-refractivity contribution in [2.75, 3.05) is 19.6 Å². The topological polar surface area (TPSA) is 80.6 Å². The van der Waals surface area contributed by atoms with E-state index in [9.17, 15) is 35.9 Å². The number of fused-ring (bicyclic) bond motifs is 2. The molecule has 258 valence electrons. The van der Waals surface area contributed by atoms with Gasteiger partial charge in [0, 0.05) is 66.8 Å². The zero-order valence-corrected chi connectivity index (χ0v) is 26.8. The summed E-state index contributed by atoms with van der Waals surface area (Å²) in [6.45, 7) is 6.00. The third kappa shape index (κ3) is 7.33. The highest BCUT2D eigenvalue weighted by Crippen LogP contribution is 2.38. The fraction of sp³-hybridized carbons (Fsp3) is 0.371. The molecule has 6 rings (SSSR count). The second-order valence-corrected chi connectivity index (χ2v) is 13.3. The number of hydrogen-bond donors (Lipinski definition) is 0. The van der Waals surface area contributed by atoms with Gasteiger partial charge < -0.3 is 9.64 Å². The van der Waals surface area contributed by atoms with Gasteiger partial charge in [0.2, 0.25) is 0 Å². The summed E-state index contributed by atoms with van der Waals surface area (Å²) < 4.78 is 89.6. The lowest BCUT2D eigenvalue weighted by molar-refractivity contribution is -0.143. The fourth-order valence-corrected chi connectivity index (χ4v) is 6.46. The molecule has 0 N–H and O–H groups in total. The first kappa shape index (κ1) is 34.2. The van der Waals surface area contributed by atoms with Crippen molar-refractivity contribution < 1.29 is 40.7 Å². The first-order valence-corrected chi connectivity index (χ1v) is 15.6. The van der Waals surface area contributed by atoms with Crippen LogP contribution in [0, 0.1) is 0 Å². The van der Waals surface area contributed by atoms with Gasteiger partial charge in [0.1, 0.15) is 11.9 Å². The van der Waals surface area contributed by atoms with Gasteiger partial charge in [-0.05, 0) is 69.0 Å². The normalized spacial score (nSPS) is 19.0. The molecule has 1 fully saturated rings. The second kappa shape index (κ2) is 12.6. The minimum Gasteiger partial charge on any atom is -0.443 e. The lowest BCUT2D eigenvalue weighted by Gasteiger charge is -2.48. The third-order valence-electron chi connectivity index (χ3n) is 8.69. The number of alkyl halides is 6. The Balaban J connectivity index is 1.40. The number of halogens is 6. The smallest absolute Gasteiger partial charge is 0.419 e. The average Bonchev–Trinajstić information content (AvgIpc) is 3.41. The van der Waals surface area contributed by atoms with E-state index in [2.05, 4.69) is 14.9 Å². The van der Waals surface area contributed by atoms with Gasteiger partial charge in [-0.1, -0.05) is 24.3 Å². The predicted octanol–water partition coefficient (Wildman–Crippen LogP) is 7.48. The first-order chi connectivity index (χ1) is 23.0. The van der Waals surface area contributed by atoms with Gasteiger partial charge in [0.15, 0.2) is 0 Å².